The number of halogens is 2. The van der Waals surface area contributed by atoms with Crippen molar-refractivity contribution in [2.24, 2.45) is 0 Å². The van der Waals surface area contributed by atoms with Gasteiger partial charge in [0.25, 0.3) is 5.69 Å². The molecule has 0 amide bonds. The minimum absolute atomic E-state index is 0.0420. The molecule has 0 spiro atoms. The maximum Gasteiger partial charge on any atom is 0.275 e. The molecule has 0 heterocycles. The van der Waals surface area contributed by atoms with Crippen LogP contribution in [0.4, 0.5) is 10.1 Å². The van der Waals surface area contributed by atoms with Gasteiger partial charge in [-0.1, -0.05) is 34.1 Å². The largest absolute Gasteiger partial charge is 0.308 e. The van der Waals surface area contributed by atoms with Crippen molar-refractivity contribution in [3.63, 3.8) is 0 Å². The van der Waals surface area contributed by atoms with E-state index in [2.05, 4.69) is 21.2 Å². The van der Waals surface area contributed by atoms with Gasteiger partial charge in [0, 0.05) is 34.8 Å². The molecule has 2 rings (SSSR count). The van der Waals surface area contributed by atoms with Gasteiger partial charge in [0.1, 0.15) is 5.82 Å². The number of rotatable bonds is 5. The second-order valence-electron chi connectivity index (χ2n) is 4.23. The fourth-order valence-corrected chi connectivity index (χ4v) is 2.18. The first-order valence-electron chi connectivity index (χ1n) is 5.95. The highest BCUT2D eigenvalue weighted by Gasteiger charge is 2.13. The summed E-state index contributed by atoms with van der Waals surface area (Å²) in [5, 5.41) is 14.0. The van der Waals surface area contributed by atoms with Crippen molar-refractivity contribution in [1.29, 1.82) is 0 Å². The van der Waals surface area contributed by atoms with Gasteiger partial charge in [-0.05, 0) is 18.2 Å². The zero-order chi connectivity index (χ0) is 14.5. The van der Waals surface area contributed by atoms with Crippen molar-refractivity contribution in [3.05, 3.63) is 74.0 Å². The van der Waals surface area contributed by atoms with E-state index in [1.54, 1.807) is 30.3 Å². The Morgan fingerprint density at radius 3 is 2.55 bits per heavy atom. The fraction of sp³-hybridized carbons (Fsp3) is 0.143. The van der Waals surface area contributed by atoms with Crippen LogP contribution in [0.15, 0.2) is 46.9 Å². The lowest BCUT2D eigenvalue weighted by Crippen LogP contribution is -2.14. The molecule has 1 N–H and O–H groups in total. The summed E-state index contributed by atoms with van der Waals surface area (Å²) in [4.78, 5) is 10.5. The van der Waals surface area contributed by atoms with Crippen LogP contribution in [-0.4, -0.2) is 4.92 Å². The van der Waals surface area contributed by atoms with Gasteiger partial charge in [-0.15, -0.1) is 0 Å². The molecular weight excluding hydrogens is 327 g/mol. The Hall–Kier alpha value is -1.79. The highest BCUT2D eigenvalue weighted by molar-refractivity contribution is 9.10. The zero-order valence-electron chi connectivity index (χ0n) is 10.5. The normalized spacial score (nSPS) is 10.5. The molecule has 0 aliphatic rings. The lowest BCUT2D eigenvalue weighted by atomic mass is 10.1. The predicted octanol–water partition coefficient (Wildman–Crippen LogP) is 3.79. The van der Waals surface area contributed by atoms with Crippen LogP contribution < -0.4 is 5.32 Å². The number of nitro groups is 1. The van der Waals surface area contributed by atoms with Crippen molar-refractivity contribution in [2.45, 2.75) is 13.1 Å². The van der Waals surface area contributed by atoms with Crippen LogP contribution in [0.5, 0.6) is 0 Å². The predicted molar refractivity (Wildman–Crippen MR) is 77.7 cm³/mol. The van der Waals surface area contributed by atoms with E-state index in [1.165, 1.54) is 12.1 Å². The Morgan fingerprint density at radius 2 is 1.85 bits per heavy atom. The minimum Gasteiger partial charge on any atom is -0.308 e. The molecule has 4 nitrogen and oxygen atoms in total. The zero-order valence-corrected chi connectivity index (χ0v) is 12.1. The summed E-state index contributed by atoms with van der Waals surface area (Å²) in [6.45, 7) is 0.623. The van der Waals surface area contributed by atoms with Gasteiger partial charge in [0.2, 0.25) is 0 Å². The first kappa shape index (κ1) is 14.6. The van der Waals surface area contributed by atoms with Crippen molar-refractivity contribution >= 4 is 21.6 Å². The van der Waals surface area contributed by atoms with Gasteiger partial charge in [-0.2, -0.15) is 0 Å². The van der Waals surface area contributed by atoms with E-state index in [1.807, 2.05) is 0 Å². The molecule has 2 aromatic carbocycles. The second kappa shape index (κ2) is 6.58. The Morgan fingerprint density at radius 1 is 1.15 bits per heavy atom. The average Bonchev–Trinajstić information content (AvgIpc) is 2.42. The smallest absolute Gasteiger partial charge is 0.275 e. The molecule has 0 aliphatic heterocycles. The number of nitrogens with zero attached hydrogens (tertiary/aromatic N) is 1. The van der Waals surface area contributed by atoms with E-state index in [4.69, 9.17) is 0 Å². The molecule has 6 heteroatoms. The molecule has 0 unspecified atom stereocenters. The summed E-state index contributed by atoms with van der Waals surface area (Å²) in [6, 6.07) is 11.3. The van der Waals surface area contributed by atoms with Crippen molar-refractivity contribution < 1.29 is 9.31 Å². The fourth-order valence-electron chi connectivity index (χ4n) is 1.83. The molecule has 0 fully saturated rings. The number of hydrogen-bond donors (Lipinski definition) is 1. The Balaban J connectivity index is 2.05. The first-order chi connectivity index (χ1) is 9.58. The topological polar surface area (TPSA) is 55.2 Å². The van der Waals surface area contributed by atoms with E-state index in [0.717, 1.165) is 0 Å². The van der Waals surface area contributed by atoms with Gasteiger partial charge >= 0.3 is 0 Å². The highest BCUT2D eigenvalue weighted by atomic mass is 79.9. The molecule has 0 atom stereocenters. The minimum atomic E-state index is -0.426. The molecule has 0 saturated heterocycles. The third kappa shape index (κ3) is 3.61. The van der Waals surface area contributed by atoms with Crippen LogP contribution >= 0.6 is 15.9 Å². The van der Waals surface area contributed by atoms with Gasteiger partial charge in [-0.3, -0.25) is 10.1 Å². The second-order valence-corrected chi connectivity index (χ2v) is 5.14. The molecule has 0 radical (unpaired) electrons. The summed E-state index contributed by atoms with van der Waals surface area (Å²) in [5.74, 6) is -0.287. The van der Waals surface area contributed by atoms with E-state index in [9.17, 15) is 14.5 Å². The molecule has 104 valence electrons. The monoisotopic (exact) mass is 338 g/mol. The van der Waals surface area contributed by atoms with Crippen LogP contribution in [0.1, 0.15) is 11.1 Å². The number of hydrogen-bond acceptors (Lipinski definition) is 3. The van der Waals surface area contributed by atoms with Crippen LogP contribution in [0, 0.1) is 15.9 Å². The maximum absolute atomic E-state index is 13.4. The number of nitrogens with one attached hydrogen (secondary N) is 1. The summed E-state index contributed by atoms with van der Waals surface area (Å²) in [5.41, 5.74) is 1.14. The first-order valence-corrected chi connectivity index (χ1v) is 6.74. The van der Waals surface area contributed by atoms with Crippen LogP contribution in [-0.2, 0) is 13.1 Å². The van der Waals surface area contributed by atoms with E-state index in [-0.39, 0.29) is 11.5 Å². The SMILES string of the molecule is O=[N+]([O-])c1cc(Br)ccc1CNCc1ccccc1F. The molecular formula is C14H12BrFN2O2. The van der Waals surface area contributed by atoms with Gasteiger partial charge in [0.05, 0.1) is 4.92 Å². The van der Waals surface area contributed by atoms with Gasteiger partial charge in [0.15, 0.2) is 0 Å². The highest BCUT2D eigenvalue weighted by Crippen LogP contribution is 2.23. The average molecular weight is 339 g/mol. The molecule has 20 heavy (non-hydrogen) atoms. The Kier molecular flexibility index (Phi) is 4.81. The third-order valence-corrected chi connectivity index (χ3v) is 3.33. The quantitative estimate of drug-likeness (QED) is 0.666. The number of benzene rings is 2. The summed E-state index contributed by atoms with van der Waals surface area (Å²) >= 11 is 3.20. The Labute approximate surface area is 123 Å². The van der Waals surface area contributed by atoms with Gasteiger partial charge < -0.3 is 5.32 Å². The van der Waals surface area contributed by atoms with Crippen LogP contribution in [0.3, 0.4) is 0 Å². The summed E-state index contributed by atoms with van der Waals surface area (Å²) in [6.07, 6.45) is 0. The maximum atomic E-state index is 13.4. The summed E-state index contributed by atoms with van der Waals surface area (Å²) < 4.78 is 14.1. The molecule has 0 aromatic heterocycles. The Bertz CT molecular complexity index is 634. The third-order valence-electron chi connectivity index (χ3n) is 2.83. The molecule has 0 saturated carbocycles. The van der Waals surface area contributed by atoms with E-state index >= 15 is 0 Å². The molecule has 0 aliphatic carbocycles. The van der Waals surface area contributed by atoms with Crippen molar-refractivity contribution in [1.82, 2.24) is 5.32 Å². The number of nitro benzene ring substituents is 1. The standard InChI is InChI=1S/C14H12BrFN2O2/c15-12-6-5-11(14(7-12)18(19)20)9-17-8-10-3-1-2-4-13(10)16/h1-7,17H,8-9H2. The molecule has 2 aromatic rings. The lowest BCUT2D eigenvalue weighted by molar-refractivity contribution is -0.385. The molecule has 0 bridgehead atoms. The van der Waals surface area contributed by atoms with Gasteiger partial charge in [-0.25, -0.2) is 4.39 Å². The van der Waals surface area contributed by atoms with E-state index < -0.39 is 4.92 Å². The van der Waals surface area contributed by atoms with E-state index in [0.29, 0.717) is 28.7 Å². The lowest BCUT2D eigenvalue weighted by Gasteiger charge is -2.07. The van der Waals surface area contributed by atoms with Crippen LogP contribution in [0.2, 0.25) is 0 Å². The van der Waals surface area contributed by atoms with Crippen molar-refractivity contribution in [2.75, 3.05) is 0 Å². The van der Waals surface area contributed by atoms with Crippen LogP contribution in [0.25, 0.3) is 0 Å². The summed E-state index contributed by atoms with van der Waals surface area (Å²) in [7, 11) is 0. The van der Waals surface area contributed by atoms with Crippen molar-refractivity contribution in [3.8, 4) is 0 Å².